The summed E-state index contributed by atoms with van der Waals surface area (Å²) < 4.78 is 0. The summed E-state index contributed by atoms with van der Waals surface area (Å²) in [7, 11) is 0. The van der Waals surface area contributed by atoms with E-state index in [1.165, 1.54) is 16.2 Å². The topological polar surface area (TPSA) is 60.2 Å². The molecule has 1 aliphatic rings. The van der Waals surface area contributed by atoms with Gasteiger partial charge >= 0.3 is 0 Å². The molecule has 4 heteroatoms. The molecule has 46 heavy (non-hydrogen) atoms. The second-order valence-electron chi connectivity index (χ2n) is 11.5. The highest BCUT2D eigenvalue weighted by molar-refractivity contribution is 6.16. The predicted octanol–water partition coefficient (Wildman–Crippen LogP) is 9.54. The summed E-state index contributed by atoms with van der Waals surface area (Å²) in [6, 6.07) is 56.9. The minimum Gasteiger partial charge on any atom is -0.350 e. The highest BCUT2D eigenvalue weighted by atomic mass is 15.3. The van der Waals surface area contributed by atoms with E-state index in [0.717, 1.165) is 50.2 Å². The Labute approximate surface area is 268 Å². The number of benzene rings is 7. The molecule has 0 bridgehead atoms. The Hall–Kier alpha value is -6.02. The number of rotatable bonds is 5. The Morgan fingerprint density at radius 3 is 1.80 bits per heavy atom. The largest absolute Gasteiger partial charge is 0.350 e. The van der Waals surface area contributed by atoms with E-state index in [9.17, 15) is 5.26 Å². The Morgan fingerprint density at radius 1 is 0.522 bits per heavy atom. The van der Waals surface area contributed by atoms with E-state index in [-0.39, 0.29) is 12.3 Å². The van der Waals surface area contributed by atoms with Gasteiger partial charge in [-0.15, -0.1) is 0 Å². The van der Waals surface area contributed by atoms with Gasteiger partial charge in [-0.05, 0) is 55.4 Å². The van der Waals surface area contributed by atoms with Crippen molar-refractivity contribution in [1.82, 2.24) is 10.6 Å². The zero-order chi connectivity index (χ0) is 30.9. The molecule has 1 aliphatic heterocycles. The number of nitriles is 1. The molecule has 2 unspecified atom stereocenters. The van der Waals surface area contributed by atoms with Crippen molar-refractivity contribution >= 4 is 27.4 Å². The smallest absolute Gasteiger partial charge is 0.131 e. The zero-order valence-electron chi connectivity index (χ0n) is 25.1. The first-order valence-electron chi connectivity index (χ1n) is 15.5. The van der Waals surface area contributed by atoms with Crippen molar-refractivity contribution in [2.24, 2.45) is 4.99 Å². The lowest BCUT2D eigenvalue weighted by Crippen LogP contribution is -2.45. The third kappa shape index (κ3) is 4.90. The second-order valence-corrected chi connectivity index (χ2v) is 11.5. The van der Waals surface area contributed by atoms with Gasteiger partial charge in [-0.1, -0.05) is 152 Å². The molecule has 1 heterocycles. The van der Waals surface area contributed by atoms with Crippen molar-refractivity contribution < 1.29 is 0 Å². The van der Waals surface area contributed by atoms with Gasteiger partial charge in [0.25, 0.3) is 0 Å². The summed E-state index contributed by atoms with van der Waals surface area (Å²) >= 11 is 0. The maximum Gasteiger partial charge on any atom is 0.131 e. The number of aliphatic imine (C=N–C) groups is 1. The van der Waals surface area contributed by atoms with Gasteiger partial charge in [0.05, 0.1) is 11.6 Å². The van der Waals surface area contributed by atoms with E-state index in [4.69, 9.17) is 4.99 Å². The molecular weight excluding hydrogens is 560 g/mol. The van der Waals surface area contributed by atoms with Crippen LogP contribution in [0.5, 0.6) is 0 Å². The van der Waals surface area contributed by atoms with Crippen LogP contribution >= 0.6 is 0 Å². The van der Waals surface area contributed by atoms with Crippen LogP contribution in [0.4, 0.5) is 0 Å². The second kappa shape index (κ2) is 11.8. The zero-order valence-corrected chi connectivity index (χ0v) is 25.1. The SMILES string of the molecule is N#Cc1ccccc1-c1ccc(-c2c(C3N=C(c4ccccc4)NC(c4ccccc4)N3)c3ccccc3c3ccccc23)cc1. The average Bonchev–Trinajstić information content (AvgIpc) is 3.15. The molecule has 0 aromatic heterocycles. The van der Waals surface area contributed by atoms with E-state index < -0.39 is 0 Å². The van der Waals surface area contributed by atoms with Crippen LogP contribution in [0.15, 0.2) is 163 Å². The van der Waals surface area contributed by atoms with E-state index in [1.54, 1.807) is 0 Å². The van der Waals surface area contributed by atoms with Crippen LogP contribution in [-0.2, 0) is 0 Å². The Balaban J connectivity index is 1.38. The third-order valence-electron chi connectivity index (χ3n) is 8.82. The van der Waals surface area contributed by atoms with Crippen LogP contribution < -0.4 is 10.6 Å². The number of amidine groups is 1. The third-order valence-corrected chi connectivity index (χ3v) is 8.82. The van der Waals surface area contributed by atoms with E-state index in [0.29, 0.717) is 5.56 Å². The molecule has 7 aromatic carbocycles. The fourth-order valence-corrected chi connectivity index (χ4v) is 6.68. The van der Waals surface area contributed by atoms with Crippen LogP contribution in [0.2, 0.25) is 0 Å². The predicted molar refractivity (Wildman–Crippen MR) is 188 cm³/mol. The summed E-state index contributed by atoms with van der Waals surface area (Å²) in [6.07, 6.45) is -0.494. The molecule has 0 aliphatic carbocycles. The minimum absolute atomic E-state index is 0.151. The highest BCUT2D eigenvalue weighted by Crippen LogP contribution is 2.44. The molecule has 7 aromatic rings. The Kier molecular flexibility index (Phi) is 7.07. The first-order chi connectivity index (χ1) is 22.8. The maximum absolute atomic E-state index is 9.74. The molecule has 0 radical (unpaired) electrons. The summed E-state index contributed by atoms with van der Waals surface area (Å²) in [5, 5.41) is 22.0. The van der Waals surface area contributed by atoms with E-state index in [2.05, 4.69) is 138 Å². The van der Waals surface area contributed by atoms with E-state index in [1.807, 2.05) is 36.4 Å². The van der Waals surface area contributed by atoms with Crippen molar-refractivity contribution in [1.29, 1.82) is 5.26 Å². The normalized spacial score (nSPS) is 16.0. The number of nitrogens with zero attached hydrogens (tertiary/aromatic N) is 2. The molecule has 0 saturated heterocycles. The molecule has 8 rings (SSSR count). The van der Waals surface area contributed by atoms with Gasteiger partial charge in [-0.3, -0.25) is 5.32 Å². The number of nitrogens with one attached hydrogen (secondary N) is 2. The molecule has 2 N–H and O–H groups in total. The van der Waals surface area contributed by atoms with Crippen molar-refractivity contribution in [2.45, 2.75) is 12.3 Å². The van der Waals surface area contributed by atoms with Gasteiger partial charge in [0.15, 0.2) is 0 Å². The van der Waals surface area contributed by atoms with Gasteiger partial charge in [-0.2, -0.15) is 5.26 Å². The van der Waals surface area contributed by atoms with Crippen LogP contribution in [-0.4, -0.2) is 5.84 Å². The monoisotopic (exact) mass is 590 g/mol. The van der Waals surface area contributed by atoms with Crippen molar-refractivity contribution in [3.63, 3.8) is 0 Å². The fraction of sp³-hybridized carbons (Fsp3) is 0.0476. The Morgan fingerprint density at radius 2 is 1.09 bits per heavy atom. The van der Waals surface area contributed by atoms with Crippen LogP contribution in [0.1, 0.15) is 34.6 Å². The van der Waals surface area contributed by atoms with Gasteiger partial charge in [0.1, 0.15) is 18.2 Å². The van der Waals surface area contributed by atoms with Crippen molar-refractivity contribution in [2.75, 3.05) is 0 Å². The molecule has 4 nitrogen and oxygen atoms in total. The highest BCUT2D eigenvalue weighted by Gasteiger charge is 2.29. The summed E-state index contributed by atoms with van der Waals surface area (Å²) in [5.41, 5.74) is 8.19. The summed E-state index contributed by atoms with van der Waals surface area (Å²) in [6.45, 7) is 0. The lowest BCUT2D eigenvalue weighted by Gasteiger charge is -2.34. The van der Waals surface area contributed by atoms with Crippen molar-refractivity contribution in [3.05, 3.63) is 180 Å². The molecule has 0 amide bonds. The average molecular weight is 591 g/mol. The molecule has 218 valence electrons. The van der Waals surface area contributed by atoms with Gasteiger partial charge in [0.2, 0.25) is 0 Å². The van der Waals surface area contributed by atoms with Gasteiger partial charge in [0, 0.05) is 11.1 Å². The molecule has 0 saturated carbocycles. The standard InChI is InChI=1S/C42H30N4/c43-27-32-17-7-8-18-33(32)28-23-25-29(26-24-28)38-36-21-11-9-19-34(36)35-20-10-12-22-37(35)39(38)42-45-40(30-13-3-1-4-14-30)44-41(46-42)31-15-5-2-6-16-31/h1-26,40,42,45H,(H,44,46). The van der Waals surface area contributed by atoms with Crippen molar-refractivity contribution in [3.8, 4) is 28.3 Å². The quantitative estimate of drug-likeness (QED) is 0.196. The lowest BCUT2D eigenvalue weighted by atomic mass is 9.86. The minimum atomic E-state index is -0.342. The van der Waals surface area contributed by atoms with Gasteiger partial charge in [-0.25, -0.2) is 4.99 Å². The molecule has 0 fully saturated rings. The number of hydrogen-bond donors (Lipinski definition) is 2. The maximum atomic E-state index is 9.74. The number of hydrogen-bond acceptors (Lipinski definition) is 4. The Bertz CT molecular complexity index is 2270. The molecular formula is C42H30N4. The summed E-state index contributed by atoms with van der Waals surface area (Å²) in [4.78, 5) is 5.39. The lowest BCUT2D eigenvalue weighted by molar-refractivity contribution is 0.411. The first kappa shape index (κ1) is 27.5. The van der Waals surface area contributed by atoms with Crippen LogP contribution in [0.3, 0.4) is 0 Å². The summed E-state index contributed by atoms with van der Waals surface area (Å²) in [5.74, 6) is 0.852. The van der Waals surface area contributed by atoms with Gasteiger partial charge < -0.3 is 5.32 Å². The van der Waals surface area contributed by atoms with Crippen LogP contribution in [0.25, 0.3) is 43.8 Å². The fourth-order valence-electron chi connectivity index (χ4n) is 6.68. The number of fused-ring (bicyclic) bond motifs is 3. The van der Waals surface area contributed by atoms with Crippen LogP contribution in [0, 0.1) is 11.3 Å². The molecule has 0 spiro atoms. The molecule has 2 atom stereocenters. The first-order valence-corrected chi connectivity index (χ1v) is 15.5. The van der Waals surface area contributed by atoms with E-state index >= 15 is 0 Å².